The molecule has 0 unspecified atom stereocenters. The van der Waals surface area contributed by atoms with Gasteiger partial charge in [-0.3, -0.25) is 24.6 Å². The molecule has 3 aromatic carbocycles. The zero-order valence-electron chi connectivity index (χ0n) is 17.6. The average molecular weight is 513 g/mol. The zero-order valence-corrected chi connectivity index (χ0v) is 19.2. The van der Waals surface area contributed by atoms with Gasteiger partial charge >= 0.3 is 5.97 Å². The van der Waals surface area contributed by atoms with Crippen LogP contribution < -0.4 is 4.74 Å². The van der Waals surface area contributed by atoms with Gasteiger partial charge in [-0.2, -0.15) is 0 Å². The fourth-order valence-electron chi connectivity index (χ4n) is 3.15. The summed E-state index contributed by atoms with van der Waals surface area (Å²) in [6.07, 6.45) is 1.52. The van der Waals surface area contributed by atoms with E-state index in [4.69, 9.17) is 16.3 Å². The molecule has 1 saturated heterocycles. The first-order valence-corrected chi connectivity index (χ1v) is 11.2. The summed E-state index contributed by atoms with van der Waals surface area (Å²) in [4.78, 5) is 48.8. The number of hydrogen-bond donors (Lipinski definition) is 0. The van der Waals surface area contributed by atoms with Crippen molar-refractivity contribution in [2.45, 2.75) is 6.54 Å². The van der Waals surface area contributed by atoms with E-state index >= 15 is 0 Å². The number of benzene rings is 3. The van der Waals surface area contributed by atoms with Crippen LogP contribution in [0.3, 0.4) is 0 Å². The predicted octanol–water partition coefficient (Wildman–Crippen LogP) is 5.84. The van der Waals surface area contributed by atoms with Gasteiger partial charge in [0, 0.05) is 17.2 Å². The molecule has 1 heterocycles. The van der Waals surface area contributed by atoms with Crippen LogP contribution in [0.2, 0.25) is 5.02 Å². The summed E-state index contributed by atoms with van der Waals surface area (Å²) in [7, 11) is 0. The third-order valence-corrected chi connectivity index (χ3v) is 6.16. The second-order valence-electron chi connectivity index (χ2n) is 7.27. The molecule has 0 N–H and O–H groups in total. The molecule has 1 fully saturated rings. The van der Waals surface area contributed by atoms with E-state index in [9.17, 15) is 28.9 Å². The molecule has 0 aliphatic carbocycles. The highest BCUT2D eigenvalue weighted by atomic mass is 35.5. The molecule has 0 aromatic heterocycles. The first-order chi connectivity index (χ1) is 16.7. The van der Waals surface area contributed by atoms with Gasteiger partial charge in [0.1, 0.15) is 11.6 Å². The lowest BCUT2D eigenvalue weighted by Gasteiger charge is -2.13. The Bertz CT molecular complexity index is 1390. The van der Waals surface area contributed by atoms with Gasteiger partial charge in [0.25, 0.3) is 16.8 Å². The second kappa shape index (κ2) is 10.1. The number of imide groups is 1. The molecule has 176 valence electrons. The number of carbonyl (C=O) groups is 3. The van der Waals surface area contributed by atoms with Crippen molar-refractivity contribution in [3.8, 4) is 5.75 Å². The Balaban J connectivity index is 1.44. The predicted molar refractivity (Wildman–Crippen MR) is 127 cm³/mol. The summed E-state index contributed by atoms with van der Waals surface area (Å²) in [5, 5.41) is 10.5. The molecule has 11 heteroatoms. The average Bonchev–Trinajstić information content (AvgIpc) is 3.09. The number of nitro benzene ring substituents is 1. The van der Waals surface area contributed by atoms with E-state index in [-0.39, 0.29) is 33.5 Å². The highest BCUT2D eigenvalue weighted by molar-refractivity contribution is 8.18. The number of non-ortho nitro benzene ring substituents is 1. The monoisotopic (exact) mass is 512 g/mol. The lowest BCUT2D eigenvalue weighted by Crippen LogP contribution is -2.27. The second-order valence-corrected chi connectivity index (χ2v) is 8.67. The number of nitrogens with zero attached hydrogens (tertiary/aromatic N) is 2. The number of nitro groups is 1. The maximum absolute atomic E-state index is 13.3. The van der Waals surface area contributed by atoms with Gasteiger partial charge in [-0.25, -0.2) is 9.18 Å². The molecule has 1 aliphatic rings. The lowest BCUT2D eigenvalue weighted by atomic mass is 10.2. The lowest BCUT2D eigenvalue weighted by molar-refractivity contribution is -0.384. The highest BCUT2D eigenvalue weighted by Gasteiger charge is 2.35. The van der Waals surface area contributed by atoms with Crippen LogP contribution in [0.5, 0.6) is 5.75 Å². The molecule has 0 spiro atoms. The minimum Gasteiger partial charge on any atom is -0.423 e. The van der Waals surface area contributed by atoms with Crippen LogP contribution in [-0.4, -0.2) is 26.9 Å². The number of esters is 1. The molecule has 0 bridgehead atoms. The van der Waals surface area contributed by atoms with E-state index in [1.165, 1.54) is 48.5 Å². The number of amides is 2. The highest BCUT2D eigenvalue weighted by Crippen LogP contribution is 2.34. The van der Waals surface area contributed by atoms with Gasteiger partial charge in [-0.05, 0) is 59.3 Å². The molecule has 8 nitrogen and oxygen atoms in total. The van der Waals surface area contributed by atoms with Crippen molar-refractivity contribution in [1.29, 1.82) is 0 Å². The third-order valence-electron chi connectivity index (χ3n) is 4.90. The number of thioether (sulfide) groups is 1. The summed E-state index contributed by atoms with van der Waals surface area (Å²) in [5.41, 5.74) is 0.806. The fraction of sp³-hybridized carbons (Fsp3) is 0.0417. The van der Waals surface area contributed by atoms with Gasteiger partial charge in [0.05, 0.1) is 21.9 Å². The van der Waals surface area contributed by atoms with Crippen LogP contribution in [0.15, 0.2) is 71.6 Å². The summed E-state index contributed by atoms with van der Waals surface area (Å²) >= 11 is 6.77. The zero-order chi connectivity index (χ0) is 25.1. The third kappa shape index (κ3) is 5.56. The van der Waals surface area contributed by atoms with Gasteiger partial charge in [0.15, 0.2) is 0 Å². The van der Waals surface area contributed by atoms with Crippen molar-refractivity contribution in [3.63, 3.8) is 0 Å². The molecule has 0 atom stereocenters. The van der Waals surface area contributed by atoms with Crippen molar-refractivity contribution < 1.29 is 28.4 Å². The molecule has 0 saturated carbocycles. The Morgan fingerprint density at radius 3 is 2.54 bits per heavy atom. The molecular formula is C24H14ClFN2O6S. The largest absolute Gasteiger partial charge is 0.423 e. The summed E-state index contributed by atoms with van der Waals surface area (Å²) < 4.78 is 18.5. The molecule has 0 radical (unpaired) electrons. The Morgan fingerprint density at radius 1 is 1.11 bits per heavy atom. The molecule has 35 heavy (non-hydrogen) atoms. The van der Waals surface area contributed by atoms with Crippen molar-refractivity contribution in [2.75, 3.05) is 0 Å². The summed E-state index contributed by atoms with van der Waals surface area (Å²) in [6.45, 7) is -0.0896. The number of carbonyl (C=O) groups excluding carboxylic acids is 3. The summed E-state index contributed by atoms with van der Waals surface area (Å²) in [5.74, 6) is -1.60. The smallest absolute Gasteiger partial charge is 0.343 e. The van der Waals surface area contributed by atoms with Crippen LogP contribution in [0.4, 0.5) is 14.9 Å². The van der Waals surface area contributed by atoms with Crippen molar-refractivity contribution in [2.24, 2.45) is 0 Å². The van der Waals surface area contributed by atoms with Gasteiger partial charge in [-0.1, -0.05) is 35.9 Å². The van der Waals surface area contributed by atoms with E-state index < -0.39 is 27.9 Å². The molecular weight excluding hydrogens is 499 g/mol. The SMILES string of the molecule is O=C(Oc1ccc(/C=C2\SC(=O)N(Cc3ccc(F)cc3Cl)C2=O)cc1)c1cccc([N+](=O)[O-])c1. The number of ether oxygens (including phenoxy) is 1. The Labute approximate surface area is 207 Å². The van der Waals surface area contributed by atoms with Crippen LogP contribution >= 0.6 is 23.4 Å². The van der Waals surface area contributed by atoms with E-state index in [1.54, 1.807) is 12.1 Å². The van der Waals surface area contributed by atoms with E-state index in [1.807, 2.05) is 0 Å². The maximum Gasteiger partial charge on any atom is 0.343 e. The first-order valence-electron chi connectivity index (χ1n) is 9.97. The van der Waals surface area contributed by atoms with E-state index in [0.717, 1.165) is 28.8 Å². The van der Waals surface area contributed by atoms with Gasteiger partial charge < -0.3 is 4.74 Å². The quantitative estimate of drug-likeness (QED) is 0.134. The van der Waals surface area contributed by atoms with Gasteiger partial charge in [-0.15, -0.1) is 0 Å². The van der Waals surface area contributed by atoms with Crippen molar-refractivity contribution >= 4 is 52.2 Å². The standard InChI is InChI=1S/C24H14ClFN2O6S/c25-20-12-17(26)7-6-16(20)13-27-22(29)21(35-24(27)31)10-14-4-8-19(9-5-14)34-23(30)15-2-1-3-18(11-15)28(32)33/h1-12H,13H2/b21-10-. The summed E-state index contributed by atoms with van der Waals surface area (Å²) in [6, 6.07) is 15.0. The minimum absolute atomic E-state index is 0.0261. The van der Waals surface area contributed by atoms with Crippen molar-refractivity contribution in [3.05, 3.63) is 109 Å². The van der Waals surface area contributed by atoms with Crippen LogP contribution in [0.1, 0.15) is 21.5 Å². The Kier molecular flexibility index (Phi) is 6.94. The minimum atomic E-state index is -0.762. The Hall–Kier alpha value is -4.02. The van der Waals surface area contributed by atoms with E-state index in [2.05, 4.69) is 0 Å². The normalized spacial score (nSPS) is 14.5. The van der Waals surface area contributed by atoms with Gasteiger partial charge in [0.2, 0.25) is 0 Å². The molecule has 1 aliphatic heterocycles. The number of hydrogen-bond acceptors (Lipinski definition) is 7. The van der Waals surface area contributed by atoms with E-state index in [0.29, 0.717) is 11.1 Å². The molecule has 2 amide bonds. The van der Waals surface area contributed by atoms with Crippen LogP contribution in [-0.2, 0) is 11.3 Å². The molecule has 3 aromatic rings. The number of rotatable bonds is 6. The number of halogens is 2. The molecule has 4 rings (SSSR count). The fourth-order valence-corrected chi connectivity index (χ4v) is 4.22. The maximum atomic E-state index is 13.3. The van der Waals surface area contributed by atoms with Crippen molar-refractivity contribution in [1.82, 2.24) is 4.90 Å². The first kappa shape index (κ1) is 24.1. The topological polar surface area (TPSA) is 107 Å². The Morgan fingerprint density at radius 2 is 1.86 bits per heavy atom. The van der Waals surface area contributed by atoms with Crippen LogP contribution in [0, 0.1) is 15.9 Å². The van der Waals surface area contributed by atoms with Crippen LogP contribution in [0.25, 0.3) is 6.08 Å².